The molecule has 2 aromatic rings. The van der Waals surface area contributed by atoms with Crippen LogP contribution in [0.5, 0.6) is 0 Å². The maximum Gasteiger partial charge on any atom is 0.263 e. The zero-order valence-corrected chi connectivity index (χ0v) is 13.3. The summed E-state index contributed by atoms with van der Waals surface area (Å²) in [6.07, 6.45) is 3.26. The molecule has 4 heteroatoms. The molecule has 0 bridgehead atoms. The fourth-order valence-corrected chi connectivity index (χ4v) is 4.39. The molecule has 1 fully saturated rings. The number of carbonyl (C=O) groups is 1. The van der Waals surface area contributed by atoms with Crippen LogP contribution < -0.4 is 5.32 Å². The summed E-state index contributed by atoms with van der Waals surface area (Å²) in [7, 11) is 0. The second-order valence-electron chi connectivity index (χ2n) is 6.32. The normalized spacial score (nSPS) is 21.2. The van der Waals surface area contributed by atoms with Gasteiger partial charge in [0.1, 0.15) is 4.88 Å². The summed E-state index contributed by atoms with van der Waals surface area (Å²) in [6, 6.07) is 8.16. The number of rotatable bonds is 2. The van der Waals surface area contributed by atoms with Crippen LogP contribution in [0.4, 0.5) is 0 Å². The van der Waals surface area contributed by atoms with Crippen molar-refractivity contribution < 1.29 is 4.79 Å². The van der Waals surface area contributed by atoms with Gasteiger partial charge in [0.25, 0.3) is 5.91 Å². The molecule has 20 heavy (non-hydrogen) atoms. The Kier molecular flexibility index (Phi) is 3.51. The first-order chi connectivity index (χ1) is 9.46. The minimum absolute atomic E-state index is 0.0288. The second-order valence-corrected chi connectivity index (χ2v) is 7.75. The first-order valence-corrected chi connectivity index (χ1v) is 8.14. The van der Waals surface area contributed by atoms with Crippen LogP contribution in [0, 0.1) is 5.41 Å². The molecule has 1 aromatic carbocycles. The zero-order chi connectivity index (χ0) is 14.3. The van der Waals surface area contributed by atoms with Gasteiger partial charge in [0.15, 0.2) is 0 Å². The molecule has 0 spiro atoms. The molecule has 2 nitrogen and oxygen atoms in total. The van der Waals surface area contributed by atoms with Crippen molar-refractivity contribution in [2.24, 2.45) is 5.41 Å². The van der Waals surface area contributed by atoms with Crippen molar-refractivity contribution in [1.82, 2.24) is 5.32 Å². The van der Waals surface area contributed by atoms with Gasteiger partial charge in [-0.25, -0.2) is 0 Å². The Morgan fingerprint density at radius 1 is 1.40 bits per heavy atom. The highest BCUT2D eigenvalue weighted by Crippen LogP contribution is 2.38. The van der Waals surface area contributed by atoms with Gasteiger partial charge >= 0.3 is 0 Å². The molecular formula is C16H18ClNOS. The van der Waals surface area contributed by atoms with Crippen LogP contribution in [0.3, 0.4) is 0 Å². The van der Waals surface area contributed by atoms with Crippen molar-refractivity contribution in [2.45, 2.75) is 39.2 Å². The van der Waals surface area contributed by atoms with E-state index in [1.54, 1.807) is 0 Å². The van der Waals surface area contributed by atoms with E-state index in [1.165, 1.54) is 11.3 Å². The number of hydrogen-bond acceptors (Lipinski definition) is 2. The maximum atomic E-state index is 12.4. The van der Waals surface area contributed by atoms with Crippen LogP contribution in [0.1, 0.15) is 42.8 Å². The predicted molar refractivity (Wildman–Crippen MR) is 85.7 cm³/mol. The number of benzene rings is 1. The monoisotopic (exact) mass is 307 g/mol. The summed E-state index contributed by atoms with van der Waals surface area (Å²) in [5.74, 6) is -0.0288. The molecule has 0 saturated heterocycles. The first-order valence-electron chi connectivity index (χ1n) is 6.94. The van der Waals surface area contributed by atoms with Gasteiger partial charge in [0, 0.05) is 16.1 Å². The predicted octanol–water partition coefficient (Wildman–Crippen LogP) is 4.86. The Hall–Kier alpha value is -1.06. The molecule has 1 N–H and O–H groups in total. The highest BCUT2D eigenvalue weighted by atomic mass is 35.5. The quantitative estimate of drug-likeness (QED) is 0.843. The van der Waals surface area contributed by atoms with Crippen LogP contribution in [0.15, 0.2) is 24.3 Å². The average Bonchev–Trinajstić information content (AvgIpc) is 2.91. The van der Waals surface area contributed by atoms with Crippen LogP contribution in [0.2, 0.25) is 5.02 Å². The third-order valence-electron chi connectivity index (χ3n) is 4.04. The summed E-state index contributed by atoms with van der Waals surface area (Å²) >= 11 is 7.81. The zero-order valence-electron chi connectivity index (χ0n) is 11.7. The van der Waals surface area contributed by atoms with Gasteiger partial charge in [0.05, 0.1) is 5.02 Å². The number of fused-ring (bicyclic) bond motifs is 1. The molecule has 0 aliphatic heterocycles. The number of hydrogen-bond donors (Lipinski definition) is 1. The van der Waals surface area contributed by atoms with Crippen LogP contribution in [-0.4, -0.2) is 11.9 Å². The Balaban J connectivity index is 1.81. The number of nitrogens with one attached hydrogen (secondary N) is 1. The molecule has 1 saturated carbocycles. The third kappa shape index (κ3) is 2.57. The van der Waals surface area contributed by atoms with Gasteiger partial charge in [-0.1, -0.05) is 43.6 Å². The lowest BCUT2D eigenvalue weighted by Crippen LogP contribution is -2.33. The minimum Gasteiger partial charge on any atom is -0.349 e. The molecule has 3 rings (SSSR count). The van der Waals surface area contributed by atoms with E-state index < -0.39 is 0 Å². The number of amides is 1. The Morgan fingerprint density at radius 2 is 2.15 bits per heavy atom. The molecular weight excluding hydrogens is 290 g/mol. The van der Waals surface area contributed by atoms with E-state index in [9.17, 15) is 4.79 Å². The summed E-state index contributed by atoms with van der Waals surface area (Å²) < 4.78 is 1.06. The van der Waals surface area contributed by atoms with Crippen molar-refractivity contribution >= 4 is 38.9 Å². The fourth-order valence-electron chi connectivity index (χ4n) is 2.97. The molecule has 1 aromatic heterocycles. The Bertz CT molecular complexity index is 662. The maximum absolute atomic E-state index is 12.4. The number of thiophene rings is 1. The van der Waals surface area contributed by atoms with E-state index in [2.05, 4.69) is 19.2 Å². The van der Waals surface area contributed by atoms with Crippen molar-refractivity contribution in [3.05, 3.63) is 34.2 Å². The van der Waals surface area contributed by atoms with Crippen molar-refractivity contribution in [3.63, 3.8) is 0 Å². The van der Waals surface area contributed by atoms with Crippen LogP contribution in [0.25, 0.3) is 10.1 Å². The molecule has 1 aliphatic carbocycles. The van der Waals surface area contributed by atoms with E-state index in [0.717, 1.165) is 29.3 Å². The van der Waals surface area contributed by atoms with Gasteiger partial charge in [-0.3, -0.25) is 4.79 Å². The van der Waals surface area contributed by atoms with E-state index in [0.29, 0.717) is 15.3 Å². The second kappa shape index (κ2) is 5.05. The van der Waals surface area contributed by atoms with Gasteiger partial charge in [-0.15, -0.1) is 11.3 Å². The highest BCUT2D eigenvalue weighted by molar-refractivity contribution is 7.21. The Morgan fingerprint density at radius 3 is 2.80 bits per heavy atom. The minimum atomic E-state index is -0.0288. The first kappa shape index (κ1) is 13.9. The lowest BCUT2D eigenvalue weighted by Gasteiger charge is -2.17. The topological polar surface area (TPSA) is 29.1 Å². The summed E-state index contributed by atoms with van der Waals surface area (Å²) in [5.41, 5.74) is 0.335. The lowest BCUT2D eigenvalue weighted by molar-refractivity contribution is 0.0940. The van der Waals surface area contributed by atoms with Crippen LogP contribution in [-0.2, 0) is 0 Å². The summed E-state index contributed by atoms with van der Waals surface area (Å²) in [6.45, 7) is 4.51. The Labute approximate surface area is 128 Å². The van der Waals surface area contributed by atoms with E-state index >= 15 is 0 Å². The van der Waals surface area contributed by atoms with Crippen LogP contribution >= 0.6 is 22.9 Å². The van der Waals surface area contributed by atoms with Gasteiger partial charge in [-0.05, 0) is 30.7 Å². The van der Waals surface area contributed by atoms with E-state index in [-0.39, 0.29) is 11.9 Å². The molecule has 0 radical (unpaired) electrons. The number of carbonyl (C=O) groups excluding carboxylic acids is 1. The smallest absolute Gasteiger partial charge is 0.263 e. The average molecular weight is 308 g/mol. The van der Waals surface area contributed by atoms with E-state index in [1.807, 2.05) is 24.3 Å². The molecule has 1 aliphatic rings. The van der Waals surface area contributed by atoms with Crippen molar-refractivity contribution in [1.29, 1.82) is 0 Å². The van der Waals surface area contributed by atoms with E-state index in [4.69, 9.17) is 11.6 Å². The lowest BCUT2D eigenvalue weighted by atomic mass is 9.92. The number of halogens is 1. The fraction of sp³-hybridized carbons (Fsp3) is 0.438. The highest BCUT2D eigenvalue weighted by Gasteiger charge is 2.32. The van der Waals surface area contributed by atoms with Crippen molar-refractivity contribution in [3.8, 4) is 0 Å². The standard InChI is InChI=1S/C16H18ClNOS/c1-16(2)8-7-10(9-16)18-15(19)14-13(17)11-5-3-4-6-12(11)20-14/h3-6,10H,7-9H2,1-2H3,(H,18,19). The molecule has 1 atom stereocenters. The van der Waals surface area contributed by atoms with Gasteiger partial charge < -0.3 is 5.32 Å². The van der Waals surface area contributed by atoms with Gasteiger partial charge in [0.2, 0.25) is 0 Å². The largest absolute Gasteiger partial charge is 0.349 e. The van der Waals surface area contributed by atoms with Crippen molar-refractivity contribution in [2.75, 3.05) is 0 Å². The summed E-state index contributed by atoms with van der Waals surface area (Å²) in [5, 5.41) is 4.69. The summed E-state index contributed by atoms with van der Waals surface area (Å²) in [4.78, 5) is 13.1. The molecule has 1 unspecified atom stereocenters. The third-order valence-corrected chi connectivity index (χ3v) is 5.72. The molecule has 106 valence electrons. The SMILES string of the molecule is CC1(C)CCC(NC(=O)c2sc3ccccc3c2Cl)C1. The molecule has 1 amide bonds. The van der Waals surface area contributed by atoms with Gasteiger partial charge in [-0.2, -0.15) is 0 Å². The molecule has 1 heterocycles.